The van der Waals surface area contributed by atoms with Crippen LogP contribution in [0, 0.1) is 6.42 Å². The molecule has 0 spiro atoms. The Kier molecular flexibility index (Phi) is 4.61. The number of imidazole rings is 1. The fraction of sp³-hybridized carbons (Fsp3) is 0.235. The number of carbonyl (C=O) groups is 1. The van der Waals surface area contributed by atoms with Gasteiger partial charge < -0.3 is 19.1 Å². The molecule has 0 saturated carbocycles. The van der Waals surface area contributed by atoms with Crippen molar-refractivity contribution in [2.45, 2.75) is 18.9 Å². The molecule has 0 amide bonds. The molecule has 1 aliphatic rings. The number of hydrogen-bond donors (Lipinski definition) is 1. The number of allylic oxidation sites excluding steroid dienone is 1. The van der Waals surface area contributed by atoms with Gasteiger partial charge in [-0.05, 0) is 5.56 Å². The number of aliphatic carboxylic acids is 1. The highest BCUT2D eigenvalue weighted by Crippen LogP contribution is 2.28. The van der Waals surface area contributed by atoms with Crippen molar-refractivity contribution in [3.63, 3.8) is 0 Å². The first-order valence-corrected chi connectivity index (χ1v) is 7.29. The number of hydrogen-bond acceptors (Lipinski definition) is 4. The lowest BCUT2D eigenvalue weighted by atomic mass is 10.0. The van der Waals surface area contributed by atoms with Crippen molar-refractivity contribution in [3.8, 4) is 0 Å². The Hall–Kier alpha value is -2.76. The van der Waals surface area contributed by atoms with Crippen LogP contribution >= 0.6 is 0 Å². The molecule has 2 heterocycles. The Labute approximate surface area is 134 Å². The highest BCUT2D eigenvalue weighted by molar-refractivity contribution is 5.68. The van der Waals surface area contributed by atoms with E-state index in [0.717, 1.165) is 11.3 Å². The summed E-state index contributed by atoms with van der Waals surface area (Å²) < 4.78 is 12.7. The lowest BCUT2D eigenvalue weighted by Gasteiger charge is -2.21. The van der Waals surface area contributed by atoms with Crippen LogP contribution in [0.15, 0.2) is 54.9 Å². The summed E-state index contributed by atoms with van der Waals surface area (Å²) in [5, 5.41) is 8.87. The summed E-state index contributed by atoms with van der Waals surface area (Å²) >= 11 is 0. The van der Waals surface area contributed by atoms with Gasteiger partial charge in [0.2, 0.25) is 6.79 Å². The topological polar surface area (TPSA) is 73.6 Å². The zero-order valence-electron chi connectivity index (χ0n) is 12.5. The van der Waals surface area contributed by atoms with Gasteiger partial charge in [-0.2, -0.15) is 0 Å². The van der Waals surface area contributed by atoms with E-state index >= 15 is 0 Å². The van der Waals surface area contributed by atoms with Crippen molar-refractivity contribution in [1.29, 1.82) is 0 Å². The third-order valence-corrected chi connectivity index (χ3v) is 3.61. The summed E-state index contributed by atoms with van der Waals surface area (Å²) in [6, 6.07) is 9.89. The smallest absolute Gasteiger partial charge is 0.304 e. The molecule has 2 aromatic rings. The van der Waals surface area contributed by atoms with Crippen LogP contribution in [0.4, 0.5) is 0 Å². The van der Waals surface area contributed by atoms with Gasteiger partial charge in [-0.15, -0.1) is 0 Å². The van der Waals surface area contributed by atoms with E-state index < -0.39 is 5.97 Å². The Morgan fingerprint density at radius 2 is 2.22 bits per heavy atom. The van der Waals surface area contributed by atoms with E-state index in [1.54, 1.807) is 25.2 Å². The molecule has 119 valence electrons. The van der Waals surface area contributed by atoms with Crippen LogP contribution in [0.25, 0.3) is 0 Å². The first kappa shape index (κ1) is 15.1. The van der Waals surface area contributed by atoms with Crippen molar-refractivity contribution in [2.24, 2.45) is 0 Å². The number of rotatable bonds is 7. The standard InChI is InChI=1S/C17H17N2O4/c20-17(21)7-6-14-9-18-11-19(14)15(16-10-22-12-23-16)8-13-4-2-1-3-5-13/h1-6,9-11,15H,7-8,12H2,(H,20,21). The molecule has 6 nitrogen and oxygen atoms in total. The second-order valence-corrected chi connectivity index (χ2v) is 5.18. The molecule has 1 unspecified atom stereocenters. The van der Waals surface area contributed by atoms with E-state index in [1.807, 2.05) is 34.9 Å². The summed E-state index contributed by atoms with van der Waals surface area (Å²) in [5.41, 5.74) is 1.89. The molecule has 1 N–H and O–H groups in total. The van der Waals surface area contributed by atoms with Gasteiger partial charge in [-0.25, -0.2) is 4.98 Å². The van der Waals surface area contributed by atoms with Crippen LogP contribution in [-0.4, -0.2) is 27.4 Å². The SMILES string of the molecule is O=C(O)C[CH]c1cncn1C(Cc1ccccc1)C1=COCO1. The Morgan fingerprint density at radius 1 is 1.39 bits per heavy atom. The van der Waals surface area contributed by atoms with Gasteiger partial charge in [0, 0.05) is 24.7 Å². The van der Waals surface area contributed by atoms with Crippen LogP contribution in [0.3, 0.4) is 0 Å². The number of carboxylic acid groups (broad SMARTS) is 1. The van der Waals surface area contributed by atoms with Crippen molar-refractivity contribution < 1.29 is 19.4 Å². The Bertz CT molecular complexity index is 694. The summed E-state index contributed by atoms with van der Waals surface area (Å²) in [6.45, 7) is 0.198. The number of aromatic nitrogens is 2. The van der Waals surface area contributed by atoms with Gasteiger partial charge in [0.15, 0.2) is 5.76 Å². The van der Waals surface area contributed by atoms with Gasteiger partial charge in [0.1, 0.15) is 6.26 Å². The van der Waals surface area contributed by atoms with Crippen molar-refractivity contribution in [1.82, 2.24) is 9.55 Å². The van der Waals surface area contributed by atoms with E-state index in [9.17, 15) is 4.79 Å². The molecule has 1 aromatic carbocycles. The minimum Gasteiger partial charge on any atom is -0.481 e. The average molecular weight is 313 g/mol. The summed E-state index contributed by atoms with van der Waals surface area (Å²) in [6.07, 6.45) is 7.22. The molecule has 0 aliphatic carbocycles. The predicted octanol–water partition coefficient (Wildman–Crippen LogP) is 2.54. The molecule has 0 saturated heterocycles. The molecule has 0 fully saturated rings. The molecule has 1 aliphatic heterocycles. The van der Waals surface area contributed by atoms with Crippen LogP contribution in [0.1, 0.15) is 23.7 Å². The monoisotopic (exact) mass is 313 g/mol. The lowest BCUT2D eigenvalue weighted by Crippen LogP contribution is -2.17. The van der Waals surface area contributed by atoms with Gasteiger partial charge in [-0.1, -0.05) is 30.3 Å². The molecular formula is C17H17N2O4. The van der Waals surface area contributed by atoms with Crippen LogP contribution < -0.4 is 0 Å². The van der Waals surface area contributed by atoms with Gasteiger partial charge in [-0.3, -0.25) is 4.79 Å². The Morgan fingerprint density at radius 3 is 2.91 bits per heavy atom. The second-order valence-electron chi connectivity index (χ2n) is 5.18. The van der Waals surface area contributed by atoms with Gasteiger partial charge in [0.25, 0.3) is 0 Å². The number of ether oxygens (including phenoxy) is 2. The molecule has 1 aromatic heterocycles. The van der Waals surface area contributed by atoms with Crippen molar-refractivity contribution >= 4 is 5.97 Å². The zero-order valence-corrected chi connectivity index (χ0v) is 12.5. The highest BCUT2D eigenvalue weighted by atomic mass is 16.7. The molecule has 23 heavy (non-hydrogen) atoms. The van der Waals surface area contributed by atoms with E-state index in [4.69, 9.17) is 14.6 Å². The molecule has 1 radical (unpaired) electrons. The third kappa shape index (κ3) is 3.71. The third-order valence-electron chi connectivity index (χ3n) is 3.61. The fourth-order valence-electron chi connectivity index (χ4n) is 2.53. The van der Waals surface area contributed by atoms with E-state index in [0.29, 0.717) is 12.2 Å². The van der Waals surface area contributed by atoms with Crippen molar-refractivity contribution in [2.75, 3.05) is 6.79 Å². The molecular weight excluding hydrogens is 296 g/mol. The first-order chi connectivity index (χ1) is 11.2. The molecule has 3 rings (SSSR count). The minimum absolute atomic E-state index is 0.0554. The maximum absolute atomic E-state index is 10.8. The van der Waals surface area contributed by atoms with Gasteiger partial charge in [0.05, 0.1) is 18.8 Å². The van der Waals surface area contributed by atoms with E-state index in [2.05, 4.69) is 4.98 Å². The zero-order chi connectivity index (χ0) is 16.1. The molecule has 6 heteroatoms. The summed E-state index contributed by atoms with van der Waals surface area (Å²) in [4.78, 5) is 15.0. The average Bonchev–Trinajstić information content (AvgIpc) is 3.23. The molecule has 1 atom stereocenters. The summed E-state index contributed by atoms with van der Waals surface area (Å²) in [7, 11) is 0. The number of benzene rings is 1. The van der Waals surface area contributed by atoms with Crippen LogP contribution in [0.5, 0.6) is 0 Å². The fourth-order valence-corrected chi connectivity index (χ4v) is 2.53. The Balaban J connectivity index is 1.86. The second kappa shape index (κ2) is 7.00. The maximum Gasteiger partial charge on any atom is 0.304 e. The first-order valence-electron chi connectivity index (χ1n) is 7.29. The number of carboxylic acids is 1. The van der Waals surface area contributed by atoms with E-state index in [-0.39, 0.29) is 19.3 Å². The number of nitrogens with zero attached hydrogens (tertiary/aromatic N) is 2. The lowest BCUT2D eigenvalue weighted by molar-refractivity contribution is -0.136. The van der Waals surface area contributed by atoms with E-state index in [1.165, 1.54) is 0 Å². The van der Waals surface area contributed by atoms with Gasteiger partial charge >= 0.3 is 5.97 Å². The van der Waals surface area contributed by atoms with Crippen LogP contribution in [0.2, 0.25) is 0 Å². The largest absolute Gasteiger partial charge is 0.481 e. The van der Waals surface area contributed by atoms with Crippen LogP contribution in [-0.2, 0) is 20.7 Å². The normalized spacial score (nSPS) is 14.7. The molecule has 0 bridgehead atoms. The van der Waals surface area contributed by atoms with Crippen molar-refractivity contribution in [3.05, 3.63) is 72.6 Å². The minimum atomic E-state index is -0.878. The highest BCUT2D eigenvalue weighted by Gasteiger charge is 2.24. The summed E-state index contributed by atoms with van der Waals surface area (Å²) in [5.74, 6) is -0.172. The predicted molar refractivity (Wildman–Crippen MR) is 82.2 cm³/mol. The maximum atomic E-state index is 10.8. The quantitative estimate of drug-likeness (QED) is 0.850.